The fourth-order valence-corrected chi connectivity index (χ4v) is 2.60. The van der Waals surface area contributed by atoms with Crippen LogP contribution in [0.1, 0.15) is 24.4 Å². The van der Waals surface area contributed by atoms with Crippen molar-refractivity contribution in [2.75, 3.05) is 25.1 Å². The van der Waals surface area contributed by atoms with Gasteiger partial charge in [0.2, 0.25) is 0 Å². The monoisotopic (exact) mass is 250 g/mol. The first-order valence-corrected chi connectivity index (χ1v) is 6.46. The summed E-state index contributed by atoms with van der Waals surface area (Å²) in [7, 11) is 1.77. The van der Waals surface area contributed by atoms with Crippen LogP contribution in [-0.4, -0.2) is 42.3 Å². The van der Waals surface area contributed by atoms with Crippen molar-refractivity contribution in [1.82, 2.24) is 9.97 Å². The van der Waals surface area contributed by atoms with Gasteiger partial charge in [-0.05, 0) is 26.7 Å². The Kier molecular flexibility index (Phi) is 4.14. The highest BCUT2D eigenvalue weighted by Gasteiger charge is 2.28. The predicted octanol–water partition coefficient (Wildman–Crippen LogP) is 1.04. The van der Waals surface area contributed by atoms with E-state index in [1.54, 1.807) is 7.11 Å². The lowest BCUT2D eigenvalue weighted by Crippen LogP contribution is -2.49. The molecule has 0 radical (unpaired) electrons. The predicted molar refractivity (Wildman–Crippen MR) is 71.7 cm³/mol. The van der Waals surface area contributed by atoms with Gasteiger partial charge in [0, 0.05) is 38.0 Å². The SMILES string of the molecule is COC1CCN(c2cc(C)nc(C)n2)C(CN)C1. The normalized spacial score (nSPS) is 24.3. The number of rotatable bonds is 3. The number of methoxy groups -OCH3 is 1. The average Bonchev–Trinajstić information content (AvgIpc) is 2.36. The van der Waals surface area contributed by atoms with Crippen LogP contribution in [0.5, 0.6) is 0 Å². The fourth-order valence-electron chi connectivity index (χ4n) is 2.60. The average molecular weight is 250 g/mol. The highest BCUT2D eigenvalue weighted by Crippen LogP contribution is 2.24. The molecule has 0 aromatic carbocycles. The maximum atomic E-state index is 5.88. The molecule has 18 heavy (non-hydrogen) atoms. The highest BCUT2D eigenvalue weighted by molar-refractivity contribution is 5.41. The number of anilines is 1. The molecule has 100 valence electrons. The molecule has 0 aliphatic carbocycles. The molecule has 0 amide bonds. The van der Waals surface area contributed by atoms with Crippen molar-refractivity contribution in [1.29, 1.82) is 0 Å². The Morgan fingerprint density at radius 3 is 2.83 bits per heavy atom. The molecule has 1 aromatic rings. The molecule has 5 heteroatoms. The summed E-state index contributed by atoms with van der Waals surface area (Å²) < 4.78 is 5.44. The molecule has 2 unspecified atom stereocenters. The number of piperidine rings is 1. The molecular weight excluding hydrogens is 228 g/mol. The minimum absolute atomic E-state index is 0.303. The van der Waals surface area contributed by atoms with Crippen LogP contribution in [0.2, 0.25) is 0 Å². The Labute approximate surface area is 108 Å². The zero-order valence-electron chi connectivity index (χ0n) is 11.4. The van der Waals surface area contributed by atoms with Gasteiger partial charge >= 0.3 is 0 Å². The van der Waals surface area contributed by atoms with Gasteiger partial charge in [-0.1, -0.05) is 0 Å². The van der Waals surface area contributed by atoms with E-state index in [0.717, 1.165) is 36.7 Å². The Morgan fingerprint density at radius 1 is 1.44 bits per heavy atom. The number of nitrogens with two attached hydrogens (primary N) is 1. The summed E-state index contributed by atoms with van der Waals surface area (Å²) in [6.45, 7) is 5.49. The van der Waals surface area contributed by atoms with Crippen molar-refractivity contribution < 1.29 is 4.74 Å². The van der Waals surface area contributed by atoms with Crippen LogP contribution >= 0.6 is 0 Å². The minimum Gasteiger partial charge on any atom is -0.381 e. The van der Waals surface area contributed by atoms with E-state index in [-0.39, 0.29) is 0 Å². The Morgan fingerprint density at radius 2 is 2.22 bits per heavy atom. The molecule has 2 rings (SSSR count). The van der Waals surface area contributed by atoms with Gasteiger partial charge in [-0.15, -0.1) is 0 Å². The van der Waals surface area contributed by atoms with Gasteiger partial charge < -0.3 is 15.4 Å². The van der Waals surface area contributed by atoms with E-state index >= 15 is 0 Å². The van der Waals surface area contributed by atoms with E-state index in [4.69, 9.17) is 10.5 Å². The maximum absolute atomic E-state index is 5.88. The third-order valence-electron chi connectivity index (χ3n) is 3.52. The van der Waals surface area contributed by atoms with Gasteiger partial charge in [0.15, 0.2) is 0 Å². The molecule has 5 nitrogen and oxygen atoms in total. The van der Waals surface area contributed by atoms with Crippen molar-refractivity contribution in [2.24, 2.45) is 5.73 Å². The van der Waals surface area contributed by atoms with Gasteiger partial charge in [0.25, 0.3) is 0 Å². The van der Waals surface area contributed by atoms with Crippen LogP contribution in [0.4, 0.5) is 5.82 Å². The summed E-state index contributed by atoms with van der Waals surface area (Å²) in [4.78, 5) is 11.1. The second-order valence-electron chi connectivity index (χ2n) is 4.88. The third kappa shape index (κ3) is 2.79. The number of aryl methyl sites for hydroxylation is 2. The molecule has 1 aliphatic heterocycles. The molecule has 0 saturated carbocycles. The number of ether oxygens (including phenoxy) is 1. The fraction of sp³-hybridized carbons (Fsp3) is 0.692. The lowest BCUT2D eigenvalue weighted by Gasteiger charge is -2.39. The molecule has 2 atom stereocenters. The number of nitrogens with zero attached hydrogens (tertiary/aromatic N) is 3. The number of aromatic nitrogens is 2. The van der Waals surface area contributed by atoms with Crippen LogP contribution < -0.4 is 10.6 Å². The summed E-state index contributed by atoms with van der Waals surface area (Å²) in [5.74, 6) is 1.81. The topological polar surface area (TPSA) is 64.3 Å². The van der Waals surface area contributed by atoms with Crippen molar-refractivity contribution in [2.45, 2.75) is 38.8 Å². The van der Waals surface area contributed by atoms with Crippen LogP contribution in [0.25, 0.3) is 0 Å². The molecule has 0 bridgehead atoms. The lowest BCUT2D eigenvalue weighted by molar-refractivity contribution is 0.0708. The molecule has 1 aromatic heterocycles. The van der Waals surface area contributed by atoms with Crippen LogP contribution in [0.15, 0.2) is 6.07 Å². The van der Waals surface area contributed by atoms with E-state index in [1.807, 2.05) is 19.9 Å². The first kappa shape index (κ1) is 13.2. The smallest absolute Gasteiger partial charge is 0.132 e. The van der Waals surface area contributed by atoms with E-state index in [0.29, 0.717) is 18.7 Å². The number of hydrogen-bond acceptors (Lipinski definition) is 5. The van der Waals surface area contributed by atoms with Gasteiger partial charge in [0.05, 0.1) is 6.10 Å². The lowest BCUT2D eigenvalue weighted by atomic mass is 9.99. The zero-order chi connectivity index (χ0) is 13.1. The first-order chi connectivity index (χ1) is 8.63. The van der Waals surface area contributed by atoms with Crippen molar-refractivity contribution >= 4 is 5.82 Å². The summed E-state index contributed by atoms with van der Waals surface area (Å²) in [5.41, 5.74) is 6.89. The van der Waals surface area contributed by atoms with Gasteiger partial charge in [-0.2, -0.15) is 0 Å². The summed E-state index contributed by atoms with van der Waals surface area (Å²) in [6.07, 6.45) is 2.31. The molecule has 0 spiro atoms. The second kappa shape index (κ2) is 5.63. The van der Waals surface area contributed by atoms with Crippen molar-refractivity contribution in [3.63, 3.8) is 0 Å². The van der Waals surface area contributed by atoms with Crippen LogP contribution in [-0.2, 0) is 4.74 Å². The highest BCUT2D eigenvalue weighted by atomic mass is 16.5. The second-order valence-corrected chi connectivity index (χ2v) is 4.88. The summed E-state index contributed by atoms with van der Waals surface area (Å²) in [6, 6.07) is 2.33. The standard InChI is InChI=1S/C13H22N4O/c1-9-6-13(16-10(2)15-9)17-5-4-12(18-3)7-11(17)8-14/h6,11-12H,4-5,7-8,14H2,1-3H3. The molecule has 2 N–H and O–H groups in total. The Bertz CT molecular complexity index is 390. The van der Waals surface area contributed by atoms with Crippen molar-refractivity contribution in [3.05, 3.63) is 17.6 Å². The molecule has 1 aliphatic rings. The Hall–Kier alpha value is -1.20. The molecule has 1 fully saturated rings. The number of hydrogen-bond donors (Lipinski definition) is 1. The maximum Gasteiger partial charge on any atom is 0.132 e. The Balaban J connectivity index is 2.20. The quantitative estimate of drug-likeness (QED) is 0.868. The zero-order valence-corrected chi connectivity index (χ0v) is 11.4. The molecule has 1 saturated heterocycles. The van der Waals surface area contributed by atoms with Crippen molar-refractivity contribution in [3.8, 4) is 0 Å². The first-order valence-electron chi connectivity index (χ1n) is 6.46. The van der Waals surface area contributed by atoms with Crippen LogP contribution in [0, 0.1) is 13.8 Å². The van der Waals surface area contributed by atoms with E-state index < -0.39 is 0 Å². The van der Waals surface area contributed by atoms with Gasteiger partial charge in [-0.3, -0.25) is 0 Å². The molecule has 2 heterocycles. The summed E-state index contributed by atoms with van der Waals surface area (Å²) in [5, 5.41) is 0. The molecular formula is C13H22N4O. The van der Waals surface area contributed by atoms with E-state index in [2.05, 4.69) is 14.9 Å². The van der Waals surface area contributed by atoms with E-state index in [1.165, 1.54) is 0 Å². The van der Waals surface area contributed by atoms with Crippen LogP contribution in [0.3, 0.4) is 0 Å². The van der Waals surface area contributed by atoms with Gasteiger partial charge in [0.1, 0.15) is 11.6 Å². The van der Waals surface area contributed by atoms with E-state index in [9.17, 15) is 0 Å². The summed E-state index contributed by atoms with van der Waals surface area (Å²) >= 11 is 0. The largest absolute Gasteiger partial charge is 0.381 e. The minimum atomic E-state index is 0.303. The van der Waals surface area contributed by atoms with Gasteiger partial charge in [-0.25, -0.2) is 9.97 Å². The third-order valence-corrected chi connectivity index (χ3v) is 3.52.